The molecule has 0 radical (unpaired) electrons. The average molecular weight is 298 g/mol. The number of benzene rings is 2. The van der Waals surface area contributed by atoms with Crippen molar-refractivity contribution in [1.29, 1.82) is 0 Å². The van der Waals surface area contributed by atoms with Gasteiger partial charge in [0.2, 0.25) is 5.91 Å². The van der Waals surface area contributed by atoms with Gasteiger partial charge in [0.05, 0.1) is 11.4 Å². The number of aliphatic carboxylic acids is 1. The van der Waals surface area contributed by atoms with Gasteiger partial charge in [-0.15, -0.1) is 0 Å². The number of carbonyl (C=O) groups excluding carboxylic acids is 2. The lowest BCUT2D eigenvalue weighted by Gasteiger charge is -2.31. The van der Waals surface area contributed by atoms with Gasteiger partial charge in [0, 0.05) is 22.2 Å². The van der Waals surface area contributed by atoms with Gasteiger partial charge in [-0.05, 0) is 30.7 Å². The number of carboxylic acid groups (broad SMARTS) is 1. The minimum Gasteiger partial charge on any atom is -0.550 e. The summed E-state index contributed by atoms with van der Waals surface area (Å²) in [5.74, 6) is -1.45. The summed E-state index contributed by atoms with van der Waals surface area (Å²) in [5, 5.41) is 10.6. The first-order chi connectivity index (χ1) is 10.2. The topological polar surface area (TPSA) is 60.4 Å². The monoisotopic (exact) mass is 298 g/mol. The van der Waals surface area contributed by atoms with Crippen LogP contribution in [0.3, 0.4) is 0 Å². The Morgan fingerprint density at radius 3 is 1.95 bits per heavy atom. The molecule has 0 atom stereocenters. The number of rotatable bonds is 3. The lowest BCUT2D eigenvalue weighted by atomic mass is 10.2. The Balaban J connectivity index is 2.02. The zero-order chi connectivity index (χ0) is 14.8. The van der Waals surface area contributed by atoms with Gasteiger partial charge in [-0.3, -0.25) is 9.69 Å². The Morgan fingerprint density at radius 2 is 1.43 bits per heavy atom. The summed E-state index contributed by atoms with van der Waals surface area (Å²) in [6.07, 6.45) is -0.345. The first-order valence-electron chi connectivity index (χ1n) is 6.55. The maximum absolute atomic E-state index is 12.5. The van der Waals surface area contributed by atoms with Crippen molar-refractivity contribution in [2.75, 3.05) is 4.90 Å². The molecule has 0 aromatic heterocycles. The lowest BCUT2D eigenvalue weighted by molar-refractivity contribution is -0.305. The van der Waals surface area contributed by atoms with E-state index in [1.807, 2.05) is 48.5 Å². The van der Waals surface area contributed by atoms with Crippen LogP contribution in [0.25, 0.3) is 0 Å². The molecule has 4 nitrogen and oxygen atoms in total. The van der Waals surface area contributed by atoms with E-state index in [0.717, 1.165) is 21.2 Å². The van der Waals surface area contributed by atoms with E-state index in [4.69, 9.17) is 0 Å². The van der Waals surface area contributed by atoms with Crippen molar-refractivity contribution in [2.24, 2.45) is 0 Å². The molecule has 1 amide bonds. The molecule has 21 heavy (non-hydrogen) atoms. The Bertz CT molecular complexity index is 669. The van der Waals surface area contributed by atoms with Gasteiger partial charge in [0.1, 0.15) is 0 Å². The SMILES string of the molecule is O=C([O-])CCC(=O)N1c2ccccc2Sc2ccccc21. The molecule has 0 fully saturated rings. The molecular weight excluding hydrogens is 286 g/mol. The fourth-order valence-corrected chi connectivity index (χ4v) is 3.35. The minimum atomic E-state index is -1.21. The highest BCUT2D eigenvalue weighted by atomic mass is 32.2. The van der Waals surface area contributed by atoms with Crippen LogP contribution in [0, 0.1) is 0 Å². The maximum Gasteiger partial charge on any atom is 0.231 e. The summed E-state index contributed by atoms with van der Waals surface area (Å²) in [4.78, 5) is 26.6. The average Bonchev–Trinajstić information content (AvgIpc) is 2.50. The van der Waals surface area contributed by atoms with Gasteiger partial charge in [0.15, 0.2) is 0 Å². The number of hydrogen-bond donors (Lipinski definition) is 0. The number of nitrogens with zero attached hydrogens (tertiary/aromatic N) is 1. The number of hydrogen-bond acceptors (Lipinski definition) is 4. The van der Waals surface area contributed by atoms with Crippen LogP contribution in [0.4, 0.5) is 11.4 Å². The van der Waals surface area contributed by atoms with Crippen LogP contribution in [0.5, 0.6) is 0 Å². The second-order valence-corrected chi connectivity index (χ2v) is 5.72. The zero-order valence-electron chi connectivity index (χ0n) is 11.1. The van der Waals surface area contributed by atoms with Crippen LogP contribution < -0.4 is 10.0 Å². The largest absolute Gasteiger partial charge is 0.550 e. The fraction of sp³-hybridized carbons (Fsp3) is 0.125. The van der Waals surface area contributed by atoms with Crippen LogP contribution in [-0.2, 0) is 9.59 Å². The van der Waals surface area contributed by atoms with E-state index in [2.05, 4.69) is 0 Å². The van der Waals surface area contributed by atoms with Crippen LogP contribution in [0.15, 0.2) is 58.3 Å². The van der Waals surface area contributed by atoms with Gasteiger partial charge in [-0.1, -0.05) is 36.0 Å². The molecule has 0 bridgehead atoms. The van der Waals surface area contributed by atoms with E-state index in [9.17, 15) is 14.7 Å². The number of anilines is 2. The van der Waals surface area contributed by atoms with E-state index in [1.165, 1.54) is 0 Å². The quantitative estimate of drug-likeness (QED) is 0.872. The van der Waals surface area contributed by atoms with Crippen molar-refractivity contribution in [2.45, 2.75) is 22.6 Å². The van der Waals surface area contributed by atoms with Gasteiger partial charge >= 0.3 is 0 Å². The molecule has 3 rings (SSSR count). The summed E-state index contributed by atoms with van der Waals surface area (Å²) >= 11 is 1.61. The number of amides is 1. The maximum atomic E-state index is 12.5. The van der Waals surface area contributed by atoms with Crippen LogP contribution in [0.1, 0.15) is 12.8 Å². The van der Waals surface area contributed by atoms with Crippen molar-refractivity contribution < 1.29 is 14.7 Å². The standard InChI is InChI=1S/C16H13NO3S/c18-15(9-10-16(19)20)17-11-5-1-3-7-13(11)21-14-8-4-2-6-12(14)17/h1-8H,9-10H2,(H,19,20)/p-1. The first kappa shape index (κ1) is 13.7. The Morgan fingerprint density at radius 1 is 0.905 bits per heavy atom. The van der Waals surface area contributed by atoms with Crippen molar-refractivity contribution in [3.8, 4) is 0 Å². The molecule has 2 aromatic carbocycles. The minimum absolute atomic E-state index is 0.0737. The Hall–Kier alpha value is -2.27. The summed E-state index contributed by atoms with van der Waals surface area (Å²) in [7, 11) is 0. The highest BCUT2D eigenvalue weighted by molar-refractivity contribution is 7.99. The van der Waals surface area contributed by atoms with E-state index < -0.39 is 5.97 Å². The molecule has 0 saturated heterocycles. The van der Waals surface area contributed by atoms with Crippen LogP contribution >= 0.6 is 11.8 Å². The Kier molecular flexibility index (Phi) is 3.66. The number of carboxylic acids is 1. The van der Waals surface area contributed by atoms with E-state index in [-0.39, 0.29) is 18.7 Å². The van der Waals surface area contributed by atoms with E-state index in [1.54, 1.807) is 16.7 Å². The third kappa shape index (κ3) is 2.64. The van der Waals surface area contributed by atoms with Crippen molar-refractivity contribution in [3.05, 3.63) is 48.5 Å². The number of fused-ring (bicyclic) bond motifs is 2. The molecule has 2 aromatic rings. The predicted molar refractivity (Wildman–Crippen MR) is 78.4 cm³/mol. The number of carbonyl (C=O) groups is 2. The van der Waals surface area contributed by atoms with E-state index in [0.29, 0.717) is 0 Å². The number of para-hydroxylation sites is 2. The fourth-order valence-electron chi connectivity index (χ4n) is 2.29. The van der Waals surface area contributed by atoms with E-state index >= 15 is 0 Å². The molecule has 0 N–H and O–H groups in total. The van der Waals surface area contributed by atoms with Crippen LogP contribution in [0.2, 0.25) is 0 Å². The van der Waals surface area contributed by atoms with Crippen molar-refractivity contribution in [3.63, 3.8) is 0 Å². The molecule has 0 unspecified atom stereocenters. The van der Waals surface area contributed by atoms with Crippen LogP contribution in [-0.4, -0.2) is 11.9 Å². The summed E-state index contributed by atoms with van der Waals surface area (Å²) in [5.41, 5.74) is 1.59. The van der Waals surface area contributed by atoms with Gasteiger partial charge in [-0.2, -0.15) is 0 Å². The molecule has 0 saturated carbocycles. The predicted octanol–water partition coefficient (Wildman–Crippen LogP) is 2.35. The summed E-state index contributed by atoms with van der Waals surface area (Å²) in [6.45, 7) is 0. The molecule has 1 aliphatic rings. The van der Waals surface area contributed by atoms with Crippen molar-refractivity contribution in [1.82, 2.24) is 0 Å². The summed E-state index contributed by atoms with van der Waals surface area (Å²) in [6, 6.07) is 15.2. The molecule has 1 aliphatic heterocycles. The molecule has 0 aliphatic carbocycles. The van der Waals surface area contributed by atoms with Crippen molar-refractivity contribution >= 4 is 35.0 Å². The Labute approximate surface area is 126 Å². The molecular formula is C16H12NO3S-. The first-order valence-corrected chi connectivity index (χ1v) is 7.37. The third-order valence-corrected chi connectivity index (χ3v) is 4.35. The van der Waals surface area contributed by atoms with Gasteiger partial charge < -0.3 is 9.90 Å². The smallest absolute Gasteiger partial charge is 0.231 e. The van der Waals surface area contributed by atoms with Gasteiger partial charge in [-0.25, -0.2) is 0 Å². The molecule has 106 valence electrons. The zero-order valence-corrected chi connectivity index (χ0v) is 11.9. The third-order valence-electron chi connectivity index (χ3n) is 3.22. The highest BCUT2D eigenvalue weighted by Crippen LogP contribution is 2.48. The molecule has 1 heterocycles. The molecule has 0 spiro atoms. The second-order valence-electron chi connectivity index (χ2n) is 4.64. The molecule has 5 heteroatoms. The summed E-state index contributed by atoms with van der Waals surface area (Å²) < 4.78 is 0. The second kappa shape index (κ2) is 5.61. The normalized spacial score (nSPS) is 12.5. The highest BCUT2D eigenvalue weighted by Gasteiger charge is 2.27. The van der Waals surface area contributed by atoms with Gasteiger partial charge in [0.25, 0.3) is 0 Å². The lowest BCUT2D eigenvalue weighted by Crippen LogP contribution is -2.30.